The highest BCUT2D eigenvalue weighted by atomic mass is 32.1. The number of carbonyl (C=O) groups is 2. The Kier molecular flexibility index (Phi) is 3.80. The third-order valence-corrected chi connectivity index (χ3v) is 3.40. The van der Waals surface area contributed by atoms with Crippen LogP contribution in [0.15, 0.2) is 24.3 Å². The van der Waals surface area contributed by atoms with Gasteiger partial charge < -0.3 is 10.4 Å². The van der Waals surface area contributed by atoms with E-state index in [1.807, 2.05) is 0 Å². The number of thiophene rings is 1. The molecule has 0 spiro atoms. The number of hydrogen-bond acceptors (Lipinski definition) is 3. The quantitative estimate of drug-likeness (QED) is 0.913. The van der Waals surface area contributed by atoms with Crippen LogP contribution in [-0.4, -0.2) is 17.0 Å². The van der Waals surface area contributed by atoms with Gasteiger partial charge >= 0.3 is 5.97 Å². The van der Waals surface area contributed by atoms with Crippen LogP contribution in [0.4, 0.5) is 13.8 Å². The fraction of sp³-hybridized carbons (Fsp3) is 0.0769. The van der Waals surface area contributed by atoms with Crippen molar-refractivity contribution in [3.63, 3.8) is 0 Å². The number of amides is 1. The molecule has 0 radical (unpaired) electrons. The van der Waals surface area contributed by atoms with Crippen molar-refractivity contribution in [1.29, 1.82) is 0 Å². The van der Waals surface area contributed by atoms with Crippen LogP contribution < -0.4 is 5.32 Å². The molecule has 0 aliphatic heterocycles. The second-order valence-corrected chi connectivity index (χ2v) is 5.27. The van der Waals surface area contributed by atoms with Crippen molar-refractivity contribution in [2.24, 2.45) is 0 Å². The lowest BCUT2D eigenvalue weighted by Gasteiger charge is -2.04. The monoisotopic (exact) mass is 297 g/mol. The fourth-order valence-corrected chi connectivity index (χ4v) is 2.52. The molecule has 0 unspecified atom stereocenters. The smallest absolute Gasteiger partial charge is 0.338 e. The summed E-state index contributed by atoms with van der Waals surface area (Å²) in [7, 11) is 0. The van der Waals surface area contributed by atoms with Gasteiger partial charge in [0, 0.05) is 16.5 Å². The average Bonchev–Trinajstić information content (AvgIpc) is 2.69. The van der Waals surface area contributed by atoms with Crippen LogP contribution in [0.3, 0.4) is 0 Å². The maximum atomic E-state index is 13.0. The summed E-state index contributed by atoms with van der Waals surface area (Å²) in [6.45, 7) is 1.69. The van der Waals surface area contributed by atoms with Crippen LogP contribution in [0.25, 0.3) is 0 Å². The zero-order valence-electron chi connectivity index (χ0n) is 10.2. The van der Waals surface area contributed by atoms with Gasteiger partial charge in [-0.2, -0.15) is 0 Å². The van der Waals surface area contributed by atoms with Gasteiger partial charge in [0.15, 0.2) is 0 Å². The molecular weight excluding hydrogens is 288 g/mol. The van der Waals surface area contributed by atoms with Crippen molar-refractivity contribution in [1.82, 2.24) is 0 Å². The van der Waals surface area contributed by atoms with Crippen LogP contribution >= 0.6 is 11.3 Å². The van der Waals surface area contributed by atoms with Crippen LogP contribution in [-0.2, 0) is 0 Å². The maximum absolute atomic E-state index is 13.0. The van der Waals surface area contributed by atoms with Gasteiger partial charge in [-0.3, -0.25) is 4.79 Å². The van der Waals surface area contributed by atoms with Crippen LogP contribution in [0.1, 0.15) is 25.6 Å². The molecular formula is C13H9F2NO3S. The van der Waals surface area contributed by atoms with Gasteiger partial charge in [-0.1, -0.05) is 0 Å². The molecule has 2 aromatic rings. The molecule has 0 atom stereocenters. The standard InChI is InChI=1S/C13H9F2NO3S/c1-6-2-10(13(18)19)12(20-6)16-11(17)7-3-8(14)5-9(15)4-7/h2-5H,1H3,(H,16,17)(H,18,19). The van der Waals surface area contributed by atoms with Gasteiger partial charge in [0.25, 0.3) is 5.91 Å². The summed E-state index contributed by atoms with van der Waals surface area (Å²) in [5.41, 5.74) is -0.275. The molecule has 20 heavy (non-hydrogen) atoms. The van der Waals surface area contributed by atoms with Crippen LogP contribution in [0.2, 0.25) is 0 Å². The first-order chi connectivity index (χ1) is 9.36. The van der Waals surface area contributed by atoms with E-state index < -0.39 is 23.5 Å². The molecule has 4 nitrogen and oxygen atoms in total. The second kappa shape index (κ2) is 5.38. The van der Waals surface area contributed by atoms with E-state index in [4.69, 9.17) is 5.11 Å². The number of carboxylic acids is 1. The Morgan fingerprint density at radius 1 is 1.15 bits per heavy atom. The minimum atomic E-state index is -1.19. The van der Waals surface area contributed by atoms with E-state index in [9.17, 15) is 18.4 Å². The summed E-state index contributed by atoms with van der Waals surface area (Å²) >= 11 is 1.07. The summed E-state index contributed by atoms with van der Waals surface area (Å²) in [5, 5.41) is 11.5. The van der Waals surface area contributed by atoms with E-state index in [1.165, 1.54) is 6.07 Å². The number of hydrogen-bond donors (Lipinski definition) is 2. The van der Waals surface area contributed by atoms with Gasteiger partial charge in [0.1, 0.15) is 16.6 Å². The fourth-order valence-electron chi connectivity index (χ4n) is 1.63. The Morgan fingerprint density at radius 2 is 1.75 bits per heavy atom. The van der Waals surface area contributed by atoms with Crippen molar-refractivity contribution < 1.29 is 23.5 Å². The number of aromatic carboxylic acids is 1. The van der Waals surface area contributed by atoms with Gasteiger partial charge in [0.2, 0.25) is 0 Å². The van der Waals surface area contributed by atoms with Crippen molar-refractivity contribution >= 4 is 28.2 Å². The predicted octanol–water partition coefficient (Wildman–Crippen LogP) is 3.29. The molecule has 0 aliphatic rings. The highest BCUT2D eigenvalue weighted by Crippen LogP contribution is 2.28. The molecule has 1 heterocycles. The zero-order chi connectivity index (χ0) is 14.9. The van der Waals surface area contributed by atoms with Gasteiger partial charge in [-0.05, 0) is 25.1 Å². The summed E-state index contributed by atoms with van der Waals surface area (Å²) in [4.78, 5) is 23.6. The van der Waals surface area contributed by atoms with Gasteiger partial charge in [-0.15, -0.1) is 11.3 Å². The number of anilines is 1. The molecule has 1 aromatic heterocycles. The van der Waals surface area contributed by atoms with Crippen molar-refractivity contribution in [3.8, 4) is 0 Å². The van der Waals surface area contributed by atoms with E-state index >= 15 is 0 Å². The molecule has 0 bridgehead atoms. The van der Waals surface area contributed by atoms with E-state index in [2.05, 4.69) is 5.32 Å². The third kappa shape index (κ3) is 3.00. The summed E-state index contributed by atoms with van der Waals surface area (Å²) < 4.78 is 26.1. The number of carboxylic acid groups (broad SMARTS) is 1. The largest absolute Gasteiger partial charge is 0.478 e. The molecule has 1 amide bonds. The average molecular weight is 297 g/mol. The van der Waals surface area contributed by atoms with E-state index in [0.717, 1.165) is 23.5 Å². The SMILES string of the molecule is Cc1cc(C(=O)O)c(NC(=O)c2cc(F)cc(F)c2)s1. The Balaban J connectivity index is 2.30. The number of rotatable bonds is 3. The Hall–Kier alpha value is -2.28. The lowest BCUT2D eigenvalue weighted by atomic mass is 10.2. The van der Waals surface area contributed by atoms with Crippen molar-refractivity contribution in [2.75, 3.05) is 5.32 Å². The van der Waals surface area contributed by atoms with Crippen molar-refractivity contribution in [3.05, 3.63) is 51.9 Å². The Bertz CT molecular complexity index is 677. The third-order valence-electron chi connectivity index (χ3n) is 2.44. The second-order valence-electron chi connectivity index (χ2n) is 4.02. The molecule has 104 valence electrons. The first-order valence-corrected chi connectivity index (χ1v) is 6.29. The van der Waals surface area contributed by atoms with Crippen molar-refractivity contribution in [2.45, 2.75) is 6.92 Å². The molecule has 0 saturated heterocycles. The number of nitrogens with one attached hydrogen (secondary N) is 1. The Labute approximate surface area is 116 Å². The first kappa shape index (κ1) is 14.1. The molecule has 2 N–H and O–H groups in total. The zero-order valence-corrected chi connectivity index (χ0v) is 11.1. The summed E-state index contributed by atoms with van der Waals surface area (Å²) in [6.07, 6.45) is 0. The van der Waals surface area contributed by atoms with Crippen LogP contribution in [0, 0.1) is 18.6 Å². The topological polar surface area (TPSA) is 66.4 Å². The molecule has 0 fully saturated rings. The maximum Gasteiger partial charge on any atom is 0.338 e. The molecule has 2 rings (SSSR count). The normalized spacial score (nSPS) is 10.3. The predicted molar refractivity (Wildman–Crippen MR) is 70.3 cm³/mol. The number of halogens is 2. The van der Waals surface area contributed by atoms with E-state index in [-0.39, 0.29) is 16.1 Å². The van der Waals surface area contributed by atoms with Gasteiger partial charge in [0.05, 0.1) is 5.56 Å². The Morgan fingerprint density at radius 3 is 2.30 bits per heavy atom. The number of carbonyl (C=O) groups excluding carboxylic acids is 1. The van der Waals surface area contributed by atoms with Gasteiger partial charge in [-0.25, -0.2) is 13.6 Å². The van der Waals surface area contributed by atoms with E-state index in [0.29, 0.717) is 10.9 Å². The minimum absolute atomic E-state index is 0.0577. The highest BCUT2D eigenvalue weighted by Gasteiger charge is 2.17. The summed E-state index contributed by atoms with van der Waals surface area (Å²) in [6, 6.07) is 3.81. The highest BCUT2D eigenvalue weighted by molar-refractivity contribution is 7.16. The van der Waals surface area contributed by atoms with E-state index in [1.54, 1.807) is 6.92 Å². The molecule has 0 aliphatic carbocycles. The summed E-state index contributed by atoms with van der Waals surface area (Å²) in [5.74, 6) is -3.71. The molecule has 0 saturated carbocycles. The minimum Gasteiger partial charge on any atom is -0.478 e. The molecule has 1 aromatic carbocycles. The van der Waals surface area contributed by atoms with Crippen LogP contribution in [0.5, 0.6) is 0 Å². The first-order valence-electron chi connectivity index (χ1n) is 5.48. The lowest BCUT2D eigenvalue weighted by molar-refractivity contribution is 0.0698. The number of benzene rings is 1. The molecule has 7 heteroatoms. The lowest BCUT2D eigenvalue weighted by Crippen LogP contribution is -2.13. The number of aryl methyl sites for hydroxylation is 1.